The normalized spacial score (nSPS) is 13.4. The molecule has 1 aliphatic heterocycles. The molecular formula is C28H27NO5. The molecule has 34 heavy (non-hydrogen) atoms. The molecule has 0 saturated heterocycles. The lowest BCUT2D eigenvalue weighted by Crippen LogP contribution is -2.21. The molecule has 0 saturated carbocycles. The van der Waals surface area contributed by atoms with Crippen LogP contribution in [0.2, 0.25) is 0 Å². The Labute approximate surface area is 199 Å². The number of hydrogen-bond donors (Lipinski definition) is 0. The van der Waals surface area contributed by atoms with E-state index in [1.54, 1.807) is 49.4 Å². The zero-order valence-corrected chi connectivity index (χ0v) is 19.8. The van der Waals surface area contributed by atoms with E-state index >= 15 is 0 Å². The molecule has 0 aromatic heterocycles. The van der Waals surface area contributed by atoms with Crippen molar-refractivity contribution < 1.29 is 23.8 Å². The SMILES string of the molecule is CCN(CC)c1ccc(/C=C2\Oc3c(ccc(OC(=O)c4ccccc4OC)c3C)C2=O)cc1. The molecule has 3 aromatic rings. The second-order valence-corrected chi connectivity index (χ2v) is 7.86. The summed E-state index contributed by atoms with van der Waals surface area (Å²) in [7, 11) is 1.50. The molecule has 0 fully saturated rings. The van der Waals surface area contributed by atoms with Gasteiger partial charge in [0.15, 0.2) is 5.76 Å². The Bertz CT molecular complexity index is 1260. The first-order valence-corrected chi connectivity index (χ1v) is 11.2. The number of nitrogens with zero attached hydrogens (tertiary/aromatic N) is 1. The molecule has 174 valence electrons. The molecule has 1 heterocycles. The highest BCUT2D eigenvalue weighted by Crippen LogP contribution is 2.39. The van der Waals surface area contributed by atoms with E-state index in [1.165, 1.54) is 7.11 Å². The van der Waals surface area contributed by atoms with E-state index in [1.807, 2.05) is 24.3 Å². The minimum absolute atomic E-state index is 0.200. The molecule has 0 aliphatic carbocycles. The van der Waals surface area contributed by atoms with Crippen molar-refractivity contribution in [2.75, 3.05) is 25.1 Å². The van der Waals surface area contributed by atoms with Crippen molar-refractivity contribution in [3.05, 3.63) is 88.7 Å². The summed E-state index contributed by atoms with van der Waals surface area (Å²) >= 11 is 0. The predicted octanol–water partition coefficient (Wildman–Crippen LogP) is 5.69. The van der Waals surface area contributed by atoms with Crippen LogP contribution in [0.4, 0.5) is 5.69 Å². The van der Waals surface area contributed by atoms with Gasteiger partial charge < -0.3 is 19.1 Å². The van der Waals surface area contributed by atoms with Gasteiger partial charge in [-0.05, 0) is 68.8 Å². The molecule has 1 aliphatic rings. The number of ketones is 1. The number of anilines is 1. The van der Waals surface area contributed by atoms with Gasteiger partial charge in [0, 0.05) is 24.3 Å². The number of ether oxygens (including phenoxy) is 3. The number of carbonyl (C=O) groups is 2. The van der Waals surface area contributed by atoms with Crippen LogP contribution in [0.3, 0.4) is 0 Å². The average molecular weight is 458 g/mol. The number of esters is 1. The standard InChI is InChI=1S/C28H27NO5/c1-5-29(6-2)20-13-11-19(12-14-20)17-25-26(30)22-15-16-23(18(3)27(22)33-25)34-28(31)21-9-7-8-10-24(21)32-4/h7-17H,5-6H2,1-4H3/b25-17-. The Hall–Kier alpha value is -4.06. The van der Waals surface area contributed by atoms with Crippen LogP contribution in [-0.4, -0.2) is 32.0 Å². The fraction of sp³-hybridized carbons (Fsp3) is 0.214. The molecule has 6 heteroatoms. The van der Waals surface area contributed by atoms with Crippen molar-refractivity contribution in [1.82, 2.24) is 0 Å². The average Bonchev–Trinajstić information content (AvgIpc) is 3.18. The van der Waals surface area contributed by atoms with E-state index in [0.717, 1.165) is 24.3 Å². The summed E-state index contributed by atoms with van der Waals surface area (Å²) in [4.78, 5) is 27.9. The summed E-state index contributed by atoms with van der Waals surface area (Å²) in [5.74, 6) is 0.646. The van der Waals surface area contributed by atoms with Gasteiger partial charge in [-0.2, -0.15) is 0 Å². The van der Waals surface area contributed by atoms with Crippen molar-refractivity contribution in [3.8, 4) is 17.2 Å². The van der Waals surface area contributed by atoms with Gasteiger partial charge in [0.2, 0.25) is 5.78 Å². The minimum atomic E-state index is -0.547. The lowest BCUT2D eigenvalue weighted by molar-refractivity contribution is 0.0729. The maximum Gasteiger partial charge on any atom is 0.347 e. The quantitative estimate of drug-likeness (QED) is 0.258. The zero-order chi connectivity index (χ0) is 24.2. The van der Waals surface area contributed by atoms with Crippen LogP contribution in [-0.2, 0) is 0 Å². The fourth-order valence-corrected chi connectivity index (χ4v) is 3.97. The number of methoxy groups -OCH3 is 1. The van der Waals surface area contributed by atoms with Crippen molar-refractivity contribution in [1.29, 1.82) is 0 Å². The Morgan fingerprint density at radius 2 is 1.68 bits per heavy atom. The van der Waals surface area contributed by atoms with E-state index in [-0.39, 0.29) is 11.5 Å². The number of rotatable bonds is 7. The summed E-state index contributed by atoms with van der Waals surface area (Å²) in [6, 6.07) is 18.1. The first-order chi connectivity index (χ1) is 16.5. The summed E-state index contributed by atoms with van der Waals surface area (Å²) in [6.45, 7) is 7.85. The van der Waals surface area contributed by atoms with Crippen LogP contribution in [0.25, 0.3) is 6.08 Å². The van der Waals surface area contributed by atoms with Gasteiger partial charge in [-0.1, -0.05) is 24.3 Å². The van der Waals surface area contributed by atoms with Crippen LogP contribution in [0, 0.1) is 6.92 Å². The molecule has 0 unspecified atom stereocenters. The number of benzene rings is 3. The van der Waals surface area contributed by atoms with Gasteiger partial charge in [0.1, 0.15) is 22.8 Å². The molecule has 0 radical (unpaired) electrons. The third kappa shape index (κ3) is 4.39. The minimum Gasteiger partial charge on any atom is -0.496 e. The Balaban J connectivity index is 1.56. The van der Waals surface area contributed by atoms with Gasteiger partial charge in [0.25, 0.3) is 0 Å². The lowest BCUT2D eigenvalue weighted by Gasteiger charge is -2.20. The molecule has 0 amide bonds. The highest BCUT2D eigenvalue weighted by molar-refractivity contribution is 6.15. The summed E-state index contributed by atoms with van der Waals surface area (Å²) < 4.78 is 16.8. The fourth-order valence-electron chi connectivity index (χ4n) is 3.97. The highest BCUT2D eigenvalue weighted by Gasteiger charge is 2.30. The summed E-state index contributed by atoms with van der Waals surface area (Å²) in [5, 5.41) is 0. The third-order valence-corrected chi connectivity index (χ3v) is 5.89. The molecular weight excluding hydrogens is 430 g/mol. The predicted molar refractivity (Wildman–Crippen MR) is 132 cm³/mol. The van der Waals surface area contributed by atoms with Gasteiger partial charge in [-0.3, -0.25) is 4.79 Å². The van der Waals surface area contributed by atoms with Crippen LogP contribution < -0.4 is 19.1 Å². The Kier molecular flexibility index (Phi) is 6.68. The third-order valence-electron chi connectivity index (χ3n) is 5.89. The molecule has 0 atom stereocenters. The zero-order valence-electron chi connectivity index (χ0n) is 19.8. The van der Waals surface area contributed by atoms with Crippen molar-refractivity contribution >= 4 is 23.5 Å². The Morgan fingerprint density at radius 1 is 0.971 bits per heavy atom. The largest absolute Gasteiger partial charge is 0.496 e. The van der Waals surface area contributed by atoms with E-state index in [2.05, 4.69) is 18.7 Å². The molecule has 0 spiro atoms. The highest BCUT2D eigenvalue weighted by atomic mass is 16.5. The molecule has 3 aromatic carbocycles. The van der Waals surface area contributed by atoms with Crippen LogP contribution in [0.1, 0.15) is 45.7 Å². The van der Waals surface area contributed by atoms with E-state index < -0.39 is 5.97 Å². The molecule has 0 N–H and O–H groups in total. The van der Waals surface area contributed by atoms with Gasteiger partial charge >= 0.3 is 5.97 Å². The monoisotopic (exact) mass is 457 g/mol. The van der Waals surface area contributed by atoms with Crippen molar-refractivity contribution in [3.63, 3.8) is 0 Å². The second-order valence-electron chi connectivity index (χ2n) is 7.86. The van der Waals surface area contributed by atoms with Crippen molar-refractivity contribution in [2.24, 2.45) is 0 Å². The maximum absolute atomic E-state index is 12.9. The van der Waals surface area contributed by atoms with Crippen LogP contribution in [0.5, 0.6) is 17.2 Å². The summed E-state index contributed by atoms with van der Waals surface area (Å²) in [5.41, 5.74) is 3.34. The topological polar surface area (TPSA) is 65.1 Å². The molecule has 0 bridgehead atoms. The number of para-hydroxylation sites is 1. The number of allylic oxidation sites excluding steroid dienone is 1. The Morgan fingerprint density at radius 3 is 2.35 bits per heavy atom. The van der Waals surface area contributed by atoms with Crippen LogP contribution >= 0.6 is 0 Å². The lowest BCUT2D eigenvalue weighted by atomic mass is 10.1. The molecule has 4 rings (SSSR count). The van der Waals surface area contributed by atoms with E-state index in [0.29, 0.717) is 33.9 Å². The van der Waals surface area contributed by atoms with Gasteiger partial charge in [-0.25, -0.2) is 4.79 Å². The number of hydrogen-bond acceptors (Lipinski definition) is 6. The number of carbonyl (C=O) groups excluding carboxylic acids is 2. The van der Waals surface area contributed by atoms with Gasteiger partial charge in [0.05, 0.1) is 12.7 Å². The second kappa shape index (κ2) is 9.83. The first-order valence-electron chi connectivity index (χ1n) is 11.2. The van der Waals surface area contributed by atoms with Gasteiger partial charge in [-0.15, -0.1) is 0 Å². The maximum atomic E-state index is 12.9. The number of Topliss-reactive ketones (excluding diaryl/α,β-unsaturated/α-hetero) is 1. The first kappa shape index (κ1) is 23.1. The molecule has 6 nitrogen and oxygen atoms in total. The van der Waals surface area contributed by atoms with Crippen molar-refractivity contribution in [2.45, 2.75) is 20.8 Å². The summed E-state index contributed by atoms with van der Waals surface area (Å²) in [6.07, 6.45) is 1.73. The van der Waals surface area contributed by atoms with Crippen LogP contribution in [0.15, 0.2) is 66.4 Å². The van der Waals surface area contributed by atoms with E-state index in [4.69, 9.17) is 14.2 Å². The smallest absolute Gasteiger partial charge is 0.347 e. The number of fused-ring (bicyclic) bond motifs is 1. The van der Waals surface area contributed by atoms with E-state index in [9.17, 15) is 9.59 Å².